The van der Waals surface area contributed by atoms with Gasteiger partial charge in [-0.3, -0.25) is 0 Å². The summed E-state index contributed by atoms with van der Waals surface area (Å²) in [6.07, 6.45) is 3.60. The van der Waals surface area contributed by atoms with Crippen LogP contribution in [0.15, 0.2) is 58.8 Å². The van der Waals surface area contributed by atoms with E-state index in [0.717, 1.165) is 23.5 Å². The Morgan fingerprint density at radius 2 is 1.33 bits per heavy atom. The van der Waals surface area contributed by atoms with Gasteiger partial charge in [0.2, 0.25) is 0 Å². The monoisotopic (exact) mass is 281 g/mol. The second kappa shape index (κ2) is 7.58. The van der Waals surface area contributed by atoms with Crippen molar-refractivity contribution >= 4 is 17.1 Å². The van der Waals surface area contributed by atoms with Crippen LogP contribution in [0.5, 0.6) is 0 Å². The molecule has 2 rings (SSSR count). The molecular formula is C18H23N3. The van der Waals surface area contributed by atoms with Crippen molar-refractivity contribution in [2.45, 2.75) is 26.2 Å². The fraction of sp³-hybridized carbons (Fsp3) is 0.333. The molecule has 110 valence electrons. The van der Waals surface area contributed by atoms with Crippen molar-refractivity contribution in [1.29, 1.82) is 0 Å². The Hall–Kier alpha value is -2.16. The van der Waals surface area contributed by atoms with Crippen LogP contribution in [-0.4, -0.2) is 14.1 Å². The molecule has 0 bridgehead atoms. The Morgan fingerprint density at radius 3 is 1.81 bits per heavy atom. The molecule has 0 fully saturated rings. The molecule has 0 saturated heterocycles. The maximum atomic E-state index is 4.28. The lowest BCUT2D eigenvalue weighted by Crippen LogP contribution is -2.07. The van der Waals surface area contributed by atoms with E-state index < -0.39 is 0 Å². The fourth-order valence-electron chi connectivity index (χ4n) is 2.04. The summed E-state index contributed by atoms with van der Waals surface area (Å²) >= 11 is 0. The van der Waals surface area contributed by atoms with Crippen molar-refractivity contribution in [3.63, 3.8) is 0 Å². The Labute approximate surface area is 127 Å². The van der Waals surface area contributed by atoms with Crippen LogP contribution in [0.2, 0.25) is 0 Å². The van der Waals surface area contributed by atoms with Crippen LogP contribution in [0.3, 0.4) is 0 Å². The molecule has 0 heterocycles. The minimum atomic E-state index is 0.871. The molecule has 0 aliphatic carbocycles. The Morgan fingerprint density at radius 1 is 0.810 bits per heavy atom. The predicted molar refractivity (Wildman–Crippen MR) is 90.0 cm³/mol. The highest BCUT2D eigenvalue weighted by molar-refractivity contribution is 5.52. The highest BCUT2D eigenvalue weighted by Gasteiger charge is 1.96. The predicted octanol–water partition coefficient (Wildman–Crippen LogP) is 5.51. The second-order valence-corrected chi connectivity index (χ2v) is 5.38. The first-order valence-electron chi connectivity index (χ1n) is 7.47. The zero-order valence-electron chi connectivity index (χ0n) is 13.1. The number of hydrogen-bond acceptors (Lipinski definition) is 3. The Kier molecular flexibility index (Phi) is 5.50. The van der Waals surface area contributed by atoms with Gasteiger partial charge in [-0.15, -0.1) is 0 Å². The molecule has 0 radical (unpaired) electrons. The third kappa shape index (κ3) is 4.71. The maximum Gasteiger partial charge on any atom is 0.0858 e. The van der Waals surface area contributed by atoms with E-state index in [-0.39, 0.29) is 0 Å². The van der Waals surface area contributed by atoms with Crippen LogP contribution in [0.1, 0.15) is 25.3 Å². The van der Waals surface area contributed by atoms with Crippen molar-refractivity contribution in [2.75, 3.05) is 19.0 Å². The first-order valence-corrected chi connectivity index (χ1v) is 7.47. The summed E-state index contributed by atoms with van der Waals surface area (Å²) < 4.78 is 0. The van der Waals surface area contributed by atoms with Crippen molar-refractivity contribution in [3.05, 3.63) is 54.1 Å². The summed E-state index contributed by atoms with van der Waals surface area (Å²) in [5, 5.41) is 8.56. The average Bonchev–Trinajstić information content (AvgIpc) is 2.52. The average molecular weight is 281 g/mol. The molecule has 2 aromatic carbocycles. The van der Waals surface area contributed by atoms with E-state index in [1.165, 1.54) is 18.4 Å². The Bertz CT molecular complexity index is 568. The lowest BCUT2D eigenvalue weighted by atomic mass is 10.1. The number of unbranched alkanes of at least 4 members (excludes halogenated alkanes) is 1. The lowest BCUT2D eigenvalue weighted by Gasteiger charge is -2.11. The van der Waals surface area contributed by atoms with Gasteiger partial charge in [0.05, 0.1) is 11.4 Å². The first-order chi connectivity index (χ1) is 10.2. The topological polar surface area (TPSA) is 28.0 Å². The van der Waals surface area contributed by atoms with E-state index in [1.807, 2.05) is 50.5 Å². The van der Waals surface area contributed by atoms with Gasteiger partial charge in [-0.25, -0.2) is 0 Å². The van der Waals surface area contributed by atoms with Gasteiger partial charge in [0, 0.05) is 19.8 Å². The second-order valence-electron chi connectivity index (χ2n) is 5.38. The van der Waals surface area contributed by atoms with Gasteiger partial charge in [0.1, 0.15) is 0 Å². The van der Waals surface area contributed by atoms with Gasteiger partial charge in [-0.2, -0.15) is 10.2 Å². The van der Waals surface area contributed by atoms with Gasteiger partial charge in [-0.05, 0) is 54.8 Å². The standard InChI is InChI=1S/C18H23N3/c1-4-5-6-15-7-9-16(10-8-15)19-20-17-11-13-18(14-12-17)21(2)3/h7-14H,4-6H2,1-3H3/b20-19+. The van der Waals surface area contributed by atoms with Crippen molar-refractivity contribution < 1.29 is 0 Å². The van der Waals surface area contributed by atoms with Crippen LogP contribution in [0, 0.1) is 0 Å². The van der Waals surface area contributed by atoms with E-state index in [4.69, 9.17) is 0 Å². The number of anilines is 1. The minimum Gasteiger partial charge on any atom is -0.378 e. The van der Waals surface area contributed by atoms with E-state index in [9.17, 15) is 0 Å². The molecule has 0 amide bonds. The van der Waals surface area contributed by atoms with Crippen LogP contribution in [0.25, 0.3) is 0 Å². The van der Waals surface area contributed by atoms with E-state index in [0.29, 0.717) is 0 Å². The maximum absolute atomic E-state index is 4.28. The van der Waals surface area contributed by atoms with E-state index in [2.05, 4.69) is 34.2 Å². The van der Waals surface area contributed by atoms with Crippen molar-refractivity contribution in [1.82, 2.24) is 0 Å². The van der Waals surface area contributed by atoms with Crippen LogP contribution in [-0.2, 0) is 6.42 Å². The van der Waals surface area contributed by atoms with Crippen LogP contribution < -0.4 is 4.90 Å². The molecule has 3 nitrogen and oxygen atoms in total. The number of hydrogen-bond donors (Lipinski definition) is 0. The van der Waals surface area contributed by atoms with Crippen molar-refractivity contribution in [2.24, 2.45) is 10.2 Å². The van der Waals surface area contributed by atoms with Gasteiger partial charge in [0.25, 0.3) is 0 Å². The van der Waals surface area contributed by atoms with Gasteiger partial charge >= 0.3 is 0 Å². The summed E-state index contributed by atoms with van der Waals surface area (Å²) in [6.45, 7) is 2.21. The summed E-state index contributed by atoms with van der Waals surface area (Å²) in [4.78, 5) is 2.07. The number of nitrogens with zero attached hydrogens (tertiary/aromatic N) is 3. The molecule has 3 heteroatoms. The minimum absolute atomic E-state index is 0.871. The number of azo groups is 1. The summed E-state index contributed by atoms with van der Waals surface area (Å²) in [5.41, 5.74) is 4.29. The molecule has 21 heavy (non-hydrogen) atoms. The quantitative estimate of drug-likeness (QED) is 0.641. The molecule has 0 aromatic heterocycles. The van der Waals surface area contributed by atoms with Gasteiger partial charge < -0.3 is 4.90 Å². The summed E-state index contributed by atoms with van der Waals surface area (Å²) in [5.74, 6) is 0. The molecule has 0 aliphatic heterocycles. The molecule has 0 N–H and O–H groups in total. The van der Waals surface area contributed by atoms with Crippen LogP contribution in [0.4, 0.5) is 17.1 Å². The SMILES string of the molecule is CCCCc1ccc(/N=N/c2ccc(N(C)C)cc2)cc1. The summed E-state index contributed by atoms with van der Waals surface area (Å²) in [6, 6.07) is 16.4. The van der Waals surface area contributed by atoms with E-state index in [1.54, 1.807) is 0 Å². The third-order valence-electron chi connectivity index (χ3n) is 3.40. The highest BCUT2D eigenvalue weighted by atomic mass is 15.1. The lowest BCUT2D eigenvalue weighted by molar-refractivity contribution is 0.795. The highest BCUT2D eigenvalue weighted by Crippen LogP contribution is 2.21. The van der Waals surface area contributed by atoms with Gasteiger partial charge in [0.15, 0.2) is 0 Å². The Balaban J connectivity index is 2.00. The molecule has 0 saturated carbocycles. The van der Waals surface area contributed by atoms with Crippen molar-refractivity contribution in [3.8, 4) is 0 Å². The molecular weight excluding hydrogens is 258 g/mol. The normalized spacial score (nSPS) is 11.0. The fourth-order valence-corrected chi connectivity index (χ4v) is 2.04. The molecule has 0 spiro atoms. The van der Waals surface area contributed by atoms with E-state index >= 15 is 0 Å². The van der Waals surface area contributed by atoms with Crippen LogP contribution >= 0.6 is 0 Å². The zero-order valence-corrected chi connectivity index (χ0v) is 13.1. The number of rotatable bonds is 6. The largest absolute Gasteiger partial charge is 0.378 e. The molecule has 2 aromatic rings. The first kappa shape index (κ1) is 15.2. The molecule has 0 atom stereocenters. The molecule has 0 unspecified atom stereocenters. The van der Waals surface area contributed by atoms with Gasteiger partial charge in [-0.1, -0.05) is 25.5 Å². The molecule has 0 aliphatic rings. The smallest absolute Gasteiger partial charge is 0.0858 e. The summed E-state index contributed by atoms with van der Waals surface area (Å²) in [7, 11) is 4.05. The number of benzene rings is 2. The zero-order chi connectivity index (χ0) is 15.1. The third-order valence-corrected chi connectivity index (χ3v) is 3.40. The number of aryl methyl sites for hydroxylation is 1.